The average molecular weight is 333 g/mol. The van der Waals surface area contributed by atoms with Gasteiger partial charge in [-0.05, 0) is 44.0 Å². The number of carbonyl (C=O) groups excluding carboxylic acids is 1. The molecule has 1 atom stereocenters. The number of amides is 1. The number of rotatable bonds is 5. The van der Waals surface area contributed by atoms with E-state index in [1.54, 1.807) is 0 Å². The Bertz CT molecular complexity index is 890. The summed E-state index contributed by atoms with van der Waals surface area (Å²) >= 11 is 0. The van der Waals surface area contributed by atoms with Crippen LogP contribution in [0, 0.1) is 13.8 Å². The molecule has 0 fully saturated rings. The van der Waals surface area contributed by atoms with Crippen LogP contribution in [0.15, 0.2) is 48.5 Å². The molecule has 25 heavy (non-hydrogen) atoms. The van der Waals surface area contributed by atoms with E-state index in [4.69, 9.17) is 0 Å². The van der Waals surface area contributed by atoms with Gasteiger partial charge in [-0.2, -0.15) is 0 Å². The molecule has 128 valence electrons. The van der Waals surface area contributed by atoms with Gasteiger partial charge in [-0.15, -0.1) is 0 Å². The van der Waals surface area contributed by atoms with Gasteiger partial charge in [-0.3, -0.25) is 4.79 Å². The molecule has 3 rings (SSSR count). The lowest BCUT2D eigenvalue weighted by atomic mass is 10.0. The van der Waals surface area contributed by atoms with Gasteiger partial charge in [0.15, 0.2) is 0 Å². The third kappa shape index (κ3) is 3.85. The molecule has 0 unspecified atom stereocenters. The largest absolute Gasteiger partial charge is 0.345 e. The third-order valence-electron chi connectivity index (χ3n) is 4.42. The number of nitrogens with zero attached hydrogens (tertiary/aromatic N) is 2. The van der Waals surface area contributed by atoms with Crippen molar-refractivity contribution in [3.8, 4) is 0 Å². The van der Waals surface area contributed by atoms with Crippen molar-refractivity contribution in [1.82, 2.24) is 15.3 Å². The summed E-state index contributed by atoms with van der Waals surface area (Å²) in [5.41, 5.74) is 5.11. The minimum absolute atomic E-state index is 0.0141. The maximum absolute atomic E-state index is 12.7. The SMILES string of the molecule is CCC[C@@H](NC(=O)c1ccc2nc(C)c(C)nc2c1)c1ccccc1. The Hall–Kier alpha value is -2.75. The van der Waals surface area contributed by atoms with E-state index in [0.717, 1.165) is 40.8 Å². The molecule has 4 heteroatoms. The zero-order valence-corrected chi connectivity index (χ0v) is 14.9. The molecule has 3 aromatic rings. The summed E-state index contributed by atoms with van der Waals surface area (Å²) in [5.74, 6) is -0.0794. The Morgan fingerprint density at radius 3 is 2.36 bits per heavy atom. The molecule has 0 saturated heterocycles. The van der Waals surface area contributed by atoms with Crippen molar-refractivity contribution < 1.29 is 4.79 Å². The van der Waals surface area contributed by atoms with Crippen molar-refractivity contribution >= 4 is 16.9 Å². The lowest BCUT2D eigenvalue weighted by Gasteiger charge is -2.19. The van der Waals surface area contributed by atoms with Crippen molar-refractivity contribution in [3.63, 3.8) is 0 Å². The maximum atomic E-state index is 12.7. The lowest BCUT2D eigenvalue weighted by Crippen LogP contribution is -2.28. The number of fused-ring (bicyclic) bond motifs is 1. The van der Waals surface area contributed by atoms with Gasteiger partial charge >= 0.3 is 0 Å². The molecule has 1 aromatic heterocycles. The van der Waals surface area contributed by atoms with E-state index in [2.05, 4.69) is 34.3 Å². The second-order valence-corrected chi connectivity index (χ2v) is 6.32. The Morgan fingerprint density at radius 2 is 1.68 bits per heavy atom. The van der Waals surface area contributed by atoms with Crippen molar-refractivity contribution in [1.29, 1.82) is 0 Å². The number of nitrogens with one attached hydrogen (secondary N) is 1. The Balaban J connectivity index is 1.86. The summed E-state index contributed by atoms with van der Waals surface area (Å²) in [4.78, 5) is 21.8. The Morgan fingerprint density at radius 1 is 1.00 bits per heavy atom. The van der Waals surface area contributed by atoms with Crippen LogP contribution in [0.3, 0.4) is 0 Å². The lowest BCUT2D eigenvalue weighted by molar-refractivity contribution is 0.0934. The van der Waals surface area contributed by atoms with Crippen molar-refractivity contribution in [3.05, 3.63) is 71.0 Å². The fourth-order valence-corrected chi connectivity index (χ4v) is 2.91. The van der Waals surface area contributed by atoms with E-state index in [9.17, 15) is 4.79 Å². The minimum atomic E-state index is -0.0794. The molecule has 1 heterocycles. The molecule has 0 saturated carbocycles. The second-order valence-electron chi connectivity index (χ2n) is 6.32. The van der Waals surface area contributed by atoms with Gasteiger partial charge in [-0.1, -0.05) is 43.7 Å². The first-order valence-electron chi connectivity index (χ1n) is 8.69. The van der Waals surface area contributed by atoms with E-state index < -0.39 is 0 Å². The van der Waals surface area contributed by atoms with Crippen LogP contribution in [-0.4, -0.2) is 15.9 Å². The van der Waals surface area contributed by atoms with E-state index in [0.29, 0.717) is 5.56 Å². The zero-order chi connectivity index (χ0) is 17.8. The highest BCUT2D eigenvalue weighted by Crippen LogP contribution is 2.20. The number of aromatic nitrogens is 2. The fourth-order valence-electron chi connectivity index (χ4n) is 2.91. The standard InChI is InChI=1S/C21H23N3O/c1-4-8-18(16-9-6-5-7-10-16)24-21(25)17-11-12-19-20(13-17)23-15(3)14(2)22-19/h5-7,9-13,18H,4,8H2,1-3H3,(H,24,25)/t18-/m1/s1. The van der Waals surface area contributed by atoms with Crippen molar-refractivity contribution in [2.24, 2.45) is 0 Å². The van der Waals surface area contributed by atoms with Crippen LogP contribution in [0.4, 0.5) is 0 Å². The van der Waals surface area contributed by atoms with Gasteiger partial charge in [0.05, 0.1) is 28.5 Å². The predicted molar refractivity (Wildman–Crippen MR) is 101 cm³/mol. The van der Waals surface area contributed by atoms with E-state index in [1.807, 2.05) is 50.2 Å². The molecule has 2 aromatic carbocycles. The maximum Gasteiger partial charge on any atom is 0.251 e. The molecule has 0 aliphatic carbocycles. The van der Waals surface area contributed by atoms with Crippen molar-refractivity contribution in [2.75, 3.05) is 0 Å². The second kappa shape index (κ2) is 7.43. The summed E-state index contributed by atoms with van der Waals surface area (Å²) in [6, 6.07) is 15.6. The van der Waals surface area contributed by atoms with Crippen LogP contribution < -0.4 is 5.32 Å². The number of hydrogen-bond donors (Lipinski definition) is 1. The van der Waals surface area contributed by atoms with Gasteiger partial charge < -0.3 is 5.32 Å². The molecule has 1 amide bonds. The van der Waals surface area contributed by atoms with Gasteiger partial charge in [0, 0.05) is 5.56 Å². The number of aryl methyl sites for hydroxylation is 2. The van der Waals surface area contributed by atoms with E-state index in [-0.39, 0.29) is 11.9 Å². The first kappa shape index (κ1) is 17.1. The number of carbonyl (C=O) groups is 1. The Labute approximate surface area is 148 Å². The predicted octanol–water partition coefficient (Wildman–Crippen LogP) is 4.52. The Kier molecular flexibility index (Phi) is 5.08. The average Bonchev–Trinajstić information content (AvgIpc) is 2.62. The van der Waals surface area contributed by atoms with Gasteiger partial charge in [-0.25, -0.2) is 9.97 Å². The first-order valence-corrected chi connectivity index (χ1v) is 8.69. The summed E-state index contributed by atoms with van der Waals surface area (Å²) in [6.45, 7) is 6.00. The normalized spacial score (nSPS) is 12.1. The number of hydrogen-bond acceptors (Lipinski definition) is 3. The molecule has 0 aliphatic heterocycles. The van der Waals surface area contributed by atoms with E-state index in [1.165, 1.54) is 0 Å². The highest BCUT2D eigenvalue weighted by Gasteiger charge is 2.15. The summed E-state index contributed by atoms with van der Waals surface area (Å²) in [5, 5.41) is 3.15. The van der Waals surface area contributed by atoms with Crippen LogP contribution >= 0.6 is 0 Å². The van der Waals surface area contributed by atoms with E-state index >= 15 is 0 Å². The zero-order valence-electron chi connectivity index (χ0n) is 14.9. The van der Waals surface area contributed by atoms with Gasteiger partial charge in [0.2, 0.25) is 0 Å². The monoisotopic (exact) mass is 333 g/mol. The topological polar surface area (TPSA) is 54.9 Å². The molecule has 0 aliphatic rings. The quantitative estimate of drug-likeness (QED) is 0.747. The molecular formula is C21H23N3O. The molecule has 0 radical (unpaired) electrons. The van der Waals surface area contributed by atoms with Crippen molar-refractivity contribution in [2.45, 2.75) is 39.7 Å². The third-order valence-corrected chi connectivity index (χ3v) is 4.42. The minimum Gasteiger partial charge on any atom is -0.345 e. The summed E-state index contributed by atoms with van der Waals surface area (Å²) in [7, 11) is 0. The number of benzene rings is 2. The molecule has 1 N–H and O–H groups in total. The van der Waals surface area contributed by atoms with Crippen LogP contribution in [0.2, 0.25) is 0 Å². The molecule has 0 bridgehead atoms. The van der Waals surface area contributed by atoms with Crippen LogP contribution in [-0.2, 0) is 0 Å². The summed E-state index contributed by atoms with van der Waals surface area (Å²) < 4.78 is 0. The molecule has 4 nitrogen and oxygen atoms in total. The fraction of sp³-hybridized carbons (Fsp3) is 0.286. The van der Waals surface area contributed by atoms with Crippen LogP contribution in [0.25, 0.3) is 11.0 Å². The highest BCUT2D eigenvalue weighted by molar-refractivity contribution is 5.97. The first-order chi connectivity index (χ1) is 12.1. The smallest absolute Gasteiger partial charge is 0.251 e. The van der Waals surface area contributed by atoms with Gasteiger partial charge in [0.25, 0.3) is 5.91 Å². The molecular weight excluding hydrogens is 310 g/mol. The molecule has 0 spiro atoms. The summed E-state index contributed by atoms with van der Waals surface area (Å²) in [6.07, 6.45) is 1.91. The van der Waals surface area contributed by atoms with Crippen LogP contribution in [0.5, 0.6) is 0 Å². The van der Waals surface area contributed by atoms with Crippen LogP contribution in [0.1, 0.15) is 53.1 Å². The van der Waals surface area contributed by atoms with Gasteiger partial charge in [0.1, 0.15) is 0 Å². The highest BCUT2D eigenvalue weighted by atomic mass is 16.1.